The van der Waals surface area contributed by atoms with Crippen molar-refractivity contribution in [3.8, 4) is 6.07 Å². The monoisotopic (exact) mass is 461 g/mol. The number of tetrazole rings is 1. The number of benzene rings is 3. The van der Waals surface area contributed by atoms with Crippen molar-refractivity contribution >= 4 is 5.57 Å². The van der Waals surface area contributed by atoms with E-state index in [0.29, 0.717) is 17.3 Å². The molecule has 0 radical (unpaired) electrons. The summed E-state index contributed by atoms with van der Waals surface area (Å²) in [5.41, 5.74) is 2.67. The van der Waals surface area contributed by atoms with E-state index >= 15 is 0 Å². The van der Waals surface area contributed by atoms with Crippen molar-refractivity contribution in [2.75, 3.05) is 0 Å². The quantitative estimate of drug-likeness (QED) is 0.196. The van der Waals surface area contributed by atoms with Gasteiger partial charge in [-0.05, 0) is 40.7 Å². The Labute approximate surface area is 207 Å². The fourth-order valence-corrected chi connectivity index (χ4v) is 4.80. The van der Waals surface area contributed by atoms with Gasteiger partial charge in [0.25, 0.3) is 0 Å². The molecule has 1 heterocycles. The van der Waals surface area contributed by atoms with Crippen LogP contribution in [0.3, 0.4) is 0 Å². The van der Waals surface area contributed by atoms with E-state index in [0.717, 1.165) is 42.4 Å². The van der Waals surface area contributed by atoms with Crippen molar-refractivity contribution in [1.82, 2.24) is 20.2 Å². The van der Waals surface area contributed by atoms with Gasteiger partial charge in [-0.25, -0.2) is 0 Å². The first kappa shape index (κ1) is 24.1. The van der Waals surface area contributed by atoms with Crippen LogP contribution in [-0.4, -0.2) is 20.2 Å². The molecule has 0 unspecified atom stereocenters. The molecule has 3 aromatic carbocycles. The van der Waals surface area contributed by atoms with E-state index < -0.39 is 5.54 Å². The smallest absolute Gasteiger partial charge is 0.192 e. The number of hydrogen-bond donors (Lipinski definition) is 0. The minimum Gasteiger partial charge on any atom is -0.192 e. The molecule has 0 saturated carbocycles. The van der Waals surface area contributed by atoms with E-state index in [9.17, 15) is 5.26 Å². The second-order valence-corrected chi connectivity index (χ2v) is 8.74. The normalized spacial score (nSPS) is 12.0. The molecule has 0 aliphatic carbocycles. The Balaban J connectivity index is 1.94. The average Bonchev–Trinajstić information content (AvgIpc) is 3.40. The Morgan fingerprint density at radius 1 is 0.829 bits per heavy atom. The summed E-state index contributed by atoms with van der Waals surface area (Å²) in [4.78, 5) is 1.67. The van der Waals surface area contributed by atoms with Gasteiger partial charge in [0.05, 0.1) is 5.57 Å². The third-order valence-electron chi connectivity index (χ3n) is 6.37. The minimum absolute atomic E-state index is 0.328. The zero-order valence-corrected chi connectivity index (χ0v) is 20.4. The van der Waals surface area contributed by atoms with Gasteiger partial charge in [-0.2, -0.15) is 5.26 Å². The minimum atomic E-state index is -0.845. The van der Waals surface area contributed by atoms with Gasteiger partial charge in [0.1, 0.15) is 6.07 Å². The molecule has 5 heteroatoms. The molecule has 0 amide bonds. The molecule has 0 spiro atoms. The van der Waals surface area contributed by atoms with Crippen LogP contribution >= 0.6 is 0 Å². The number of hydrogen-bond acceptors (Lipinski definition) is 4. The molecular formula is C30H31N5. The SMILES string of the molecule is CCCC(/C=C(/C#N)c1nnn(C(c2ccccc2)(c2ccccc2)c2ccccc2)n1)CCC. The van der Waals surface area contributed by atoms with Gasteiger partial charge in [0.2, 0.25) is 5.82 Å². The Hall–Kier alpha value is -4.04. The number of allylic oxidation sites excluding steroid dienone is 2. The predicted molar refractivity (Wildman–Crippen MR) is 139 cm³/mol. The maximum atomic E-state index is 9.99. The van der Waals surface area contributed by atoms with Crippen molar-refractivity contribution in [2.45, 2.75) is 45.1 Å². The van der Waals surface area contributed by atoms with Crippen LogP contribution in [-0.2, 0) is 5.54 Å². The molecule has 0 aliphatic rings. The molecule has 0 atom stereocenters. The third-order valence-corrected chi connectivity index (χ3v) is 6.37. The van der Waals surface area contributed by atoms with E-state index in [1.807, 2.05) is 60.7 Å². The lowest BCUT2D eigenvalue weighted by atomic mass is 9.77. The summed E-state index contributed by atoms with van der Waals surface area (Å²) in [7, 11) is 0. The maximum absolute atomic E-state index is 9.99. The highest BCUT2D eigenvalue weighted by Gasteiger charge is 2.41. The third kappa shape index (κ3) is 4.93. The summed E-state index contributed by atoms with van der Waals surface area (Å²) >= 11 is 0. The lowest BCUT2D eigenvalue weighted by Crippen LogP contribution is -2.39. The molecule has 5 nitrogen and oxygen atoms in total. The van der Waals surface area contributed by atoms with Crippen LogP contribution in [0.1, 0.15) is 62.0 Å². The van der Waals surface area contributed by atoms with Gasteiger partial charge in [0, 0.05) is 0 Å². The van der Waals surface area contributed by atoms with Crippen molar-refractivity contribution in [3.63, 3.8) is 0 Å². The van der Waals surface area contributed by atoms with Crippen molar-refractivity contribution < 1.29 is 0 Å². The van der Waals surface area contributed by atoms with Crippen molar-refractivity contribution in [2.24, 2.45) is 5.92 Å². The van der Waals surface area contributed by atoms with Crippen LogP contribution in [0.4, 0.5) is 0 Å². The maximum Gasteiger partial charge on any atom is 0.215 e. The zero-order valence-electron chi connectivity index (χ0n) is 20.4. The summed E-state index contributed by atoms with van der Waals surface area (Å²) in [6.07, 6.45) is 6.24. The second kappa shape index (κ2) is 11.4. The van der Waals surface area contributed by atoms with Crippen LogP contribution in [0.5, 0.6) is 0 Å². The predicted octanol–water partition coefficient (Wildman–Crippen LogP) is 6.64. The average molecular weight is 462 g/mol. The van der Waals surface area contributed by atoms with Crippen molar-refractivity contribution in [3.05, 3.63) is 120 Å². The topological polar surface area (TPSA) is 67.4 Å². The van der Waals surface area contributed by atoms with Gasteiger partial charge >= 0.3 is 0 Å². The summed E-state index contributed by atoms with van der Waals surface area (Å²) in [6.45, 7) is 4.34. The highest BCUT2D eigenvalue weighted by Crippen LogP contribution is 2.39. The van der Waals surface area contributed by atoms with Crippen molar-refractivity contribution in [1.29, 1.82) is 5.26 Å². The van der Waals surface area contributed by atoms with E-state index in [-0.39, 0.29) is 0 Å². The van der Waals surface area contributed by atoms with Crippen LogP contribution in [0, 0.1) is 17.2 Å². The molecule has 1 aromatic heterocycles. The van der Waals surface area contributed by atoms with Crippen LogP contribution in [0.25, 0.3) is 5.57 Å². The number of aromatic nitrogens is 4. The number of nitriles is 1. The molecule has 4 rings (SSSR count). The number of nitrogens with zero attached hydrogens (tertiary/aromatic N) is 5. The largest absolute Gasteiger partial charge is 0.215 e. The first-order valence-electron chi connectivity index (χ1n) is 12.3. The molecule has 4 aromatic rings. The van der Waals surface area contributed by atoms with E-state index in [2.05, 4.69) is 66.6 Å². The van der Waals surface area contributed by atoms with Crippen LogP contribution < -0.4 is 0 Å². The summed E-state index contributed by atoms with van der Waals surface area (Å²) in [6, 6.07) is 33.0. The summed E-state index contributed by atoms with van der Waals surface area (Å²) < 4.78 is 0. The lowest BCUT2D eigenvalue weighted by Gasteiger charge is -2.34. The van der Waals surface area contributed by atoms with E-state index in [1.54, 1.807) is 4.80 Å². The number of rotatable bonds is 10. The Bertz CT molecular complexity index is 1170. The van der Waals surface area contributed by atoms with E-state index in [4.69, 9.17) is 5.10 Å². The first-order chi connectivity index (χ1) is 17.2. The summed E-state index contributed by atoms with van der Waals surface area (Å²) in [5, 5.41) is 23.8. The zero-order chi connectivity index (χ0) is 24.5. The Kier molecular flexibility index (Phi) is 7.84. The fourth-order valence-electron chi connectivity index (χ4n) is 4.80. The molecule has 0 saturated heterocycles. The fraction of sp³-hybridized carbons (Fsp3) is 0.267. The Morgan fingerprint density at radius 2 is 1.29 bits per heavy atom. The van der Waals surface area contributed by atoms with Gasteiger partial charge in [-0.3, -0.25) is 0 Å². The molecule has 0 bridgehead atoms. The standard InChI is InChI=1S/C30H31N5/c1-3-14-24(15-4-2)22-25(23-31)29-32-34-35(33-29)30(26-16-8-5-9-17-26,27-18-10-6-11-19-27)28-20-12-7-13-21-28/h5-13,16-22,24H,3-4,14-15H2,1-2H3/b25-22-. The molecule has 176 valence electrons. The molecule has 0 fully saturated rings. The van der Waals surface area contributed by atoms with Crippen LogP contribution in [0.2, 0.25) is 0 Å². The van der Waals surface area contributed by atoms with Gasteiger partial charge in [-0.15, -0.1) is 15.0 Å². The molecule has 35 heavy (non-hydrogen) atoms. The summed E-state index contributed by atoms with van der Waals surface area (Å²) in [5.74, 6) is 0.686. The van der Waals surface area contributed by atoms with Crippen LogP contribution in [0.15, 0.2) is 97.1 Å². The highest BCUT2D eigenvalue weighted by molar-refractivity contribution is 5.72. The van der Waals surface area contributed by atoms with E-state index in [1.165, 1.54) is 0 Å². The first-order valence-corrected chi connectivity index (χ1v) is 12.3. The van der Waals surface area contributed by atoms with Gasteiger partial charge < -0.3 is 0 Å². The Morgan fingerprint density at radius 3 is 1.69 bits per heavy atom. The molecule has 0 aliphatic heterocycles. The molecular weight excluding hydrogens is 430 g/mol. The highest BCUT2D eigenvalue weighted by atomic mass is 15.6. The molecule has 0 N–H and O–H groups in total. The lowest BCUT2D eigenvalue weighted by molar-refractivity contribution is 0.395. The second-order valence-electron chi connectivity index (χ2n) is 8.74. The van der Waals surface area contributed by atoms with Gasteiger partial charge in [0.15, 0.2) is 5.54 Å². The van der Waals surface area contributed by atoms with Gasteiger partial charge in [-0.1, -0.05) is 124 Å².